The zero-order chi connectivity index (χ0) is 40.2. The number of β-lactam (4-membered cyclic amide) rings is 1. The number of nitrogens with zero attached hydrogens (tertiary/aromatic N) is 1. The molecule has 2 fully saturated rings. The fraction of sp³-hybridized carbons (Fsp3) is 0.400. The molecule has 5 N–H and O–H groups in total. The average molecular weight is 809 g/mol. The summed E-state index contributed by atoms with van der Waals surface area (Å²) in [6, 6.07) is 17.8. The molecule has 3 aromatic carbocycles. The minimum Gasteiger partial charge on any atom is -0.484 e. The fourth-order valence-electron chi connectivity index (χ4n) is 6.59. The molecule has 0 spiro atoms. The normalized spacial score (nSPS) is 18.1. The number of amides is 3. The number of thioether (sulfide) groups is 1. The van der Waals surface area contributed by atoms with E-state index >= 15 is 0 Å². The van der Waals surface area contributed by atoms with Crippen LogP contribution in [0.5, 0.6) is 5.75 Å². The second kappa shape index (κ2) is 19.8. The SMILES string of the molecule is CS(=O)(=O)NCC#Cc1ccc(N2C(=O)[C@H](SC[C@H](O)c3ccc(F)cc3)[C@H]2c2ccc(OCC(=O)NCC(=O)N[C@H](CC3CCCCC3)C(=O)O)cc2)cc1. The van der Waals surface area contributed by atoms with E-state index in [0.29, 0.717) is 29.0 Å². The minimum atomic E-state index is -3.37. The van der Waals surface area contributed by atoms with Crippen LogP contribution >= 0.6 is 11.8 Å². The van der Waals surface area contributed by atoms with Gasteiger partial charge in [-0.05, 0) is 72.0 Å². The smallest absolute Gasteiger partial charge is 0.326 e. The standard InChI is InChI=1S/C40H45FN4O9S2/c1-56(52,53)43-21-5-8-26-9-17-31(18-10-26)45-37(38(39(45)49)55-25-34(46)28-11-15-30(41)16-12-28)29-13-19-32(20-14-29)54-24-36(48)42-23-35(47)44-33(40(50)51)22-27-6-3-2-4-7-27/h9-20,27,33-34,37-38,43,46H,2-4,6-7,21-25H2,1H3,(H,42,48)(H,44,47)(H,50,51)/t33-,34+,37-,38-/m1/s1. The molecule has 13 nitrogen and oxygen atoms in total. The van der Waals surface area contributed by atoms with Crippen LogP contribution in [0.4, 0.5) is 10.1 Å². The Bertz CT molecular complexity index is 2020. The van der Waals surface area contributed by atoms with E-state index < -0.39 is 70.2 Å². The van der Waals surface area contributed by atoms with E-state index in [9.17, 15) is 42.2 Å². The van der Waals surface area contributed by atoms with Crippen molar-refractivity contribution in [1.82, 2.24) is 15.4 Å². The predicted octanol–water partition coefficient (Wildman–Crippen LogP) is 3.68. The van der Waals surface area contributed by atoms with Crippen molar-refractivity contribution in [2.24, 2.45) is 5.92 Å². The summed E-state index contributed by atoms with van der Waals surface area (Å²) in [4.78, 5) is 51.9. The highest BCUT2D eigenvalue weighted by Gasteiger charge is 2.49. The lowest BCUT2D eigenvalue weighted by molar-refractivity contribution is -0.142. The van der Waals surface area contributed by atoms with E-state index in [1.54, 1.807) is 53.4 Å². The molecule has 0 bridgehead atoms. The van der Waals surface area contributed by atoms with Gasteiger partial charge in [-0.3, -0.25) is 14.4 Å². The van der Waals surface area contributed by atoms with Crippen molar-refractivity contribution in [1.29, 1.82) is 0 Å². The summed E-state index contributed by atoms with van der Waals surface area (Å²) in [6.45, 7) is -0.846. The number of carboxylic acid groups (broad SMARTS) is 1. The number of hydrogen-bond donors (Lipinski definition) is 5. The number of halogens is 1. The summed E-state index contributed by atoms with van der Waals surface area (Å²) < 4.78 is 44.0. The van der Waals surface area contributed by atoms with Gasteiger partial charge in [-0.2, -0.15) is 0 Å². The first-order chi connectivity index (χ1) is 26.8. The maximum absolute atomic E-state index is 13.6. The van der Waals surface area contributed by atoms with E-state index in [4.69, 9.17) is 4.74 Å². The van der Waals surface area contributed by atoms with Gasteiger partial charge in [0.1, 0.15) is 22.9 Å². The molecule has 298 valence electrons. The first-order valence-electron chi connectivity index (χ1n) is 18.2. The second-order valence-electron chi connectivity index (χ2n) is 13.7. The Labute approximate surface area is 329 Å². The van der Waals surface area contributed by atoms with Crippen LogP contribution in [0.1, 0.15) is 67.4 Å². The summed E-state index contributed by atoms with van der Waals surface area (Å²) in [6.07, 6.45) is 5.58. The predicted molar refractivity (Wildman–Crippen MR) is 210 cm³/mol. The molecule has 0 radical (unpaired) electrons. The van der Waals surface area contributed by atoms with Crippen molar-refractivity contribution in [3.8, 4) is 17.6 Å². The molecule has 2 aliphatic rings. The van der Waals surface area contributed by atoms with Gasteiger partial charge in [-0.15, -0.1) is 11.8 Å². The fourth-order valence-corrected chi connectivity index (χ4v) is 8.23. The molecule has 0 unspecified atom stereocenters. The Kier molecular flexibility index (Phi) is 14.9. The van der Waals surface area contributed by atoms with E-state index in [0.717, 1.165) is 43.9 Å². The lowest BCUT2D eigenvalue weighted by Crippen LogP contribution is -2.57. The van der Waals surface area contributed by atoms with Crippen molar-refractivity contribution in [2.45, 2.75) is 62.0 Å². The Hall–Kier alpha value is -4.95. The number of carboxylic acids is 1. The van der Waals surface area contributed by atoms with Crippen molar-refractivity contribution < 1.29 is 46.9 Å². The number of nitrogens with one attached hydrogen (secondary N) is 3. The largest absolute Gasteiger partial charge is 0.484 e. The highest BCUT2D eigenvalue weighted by Crippen LogP contribution is 2.46. The number of aliphatic carboxylic acids is 1. The van der Waals surface area contributed by atoms with Gasteiger partial charge < -0.3 is 30.5 Å². The Morgan fingerprint density at radius 2 is 1.66 bits per heavy atom. The zero-order valence-electron chi connectivity index (χ0n) is 30.8. The first kappa shape index (κ1) is 42.2. The van der Waals surface area contributed by atoms with Crippen molar-refractivity contribution in [3.05, 3.63) is 95.3 Å². The molecular weight excluding hydrogens is 764 g/mol. The van der Waals surface area contributed by atoms with Crippen LogP contribution in [0.15, 0.2) is 72.8 Å². The van der Waals surface area contributed by atoms with E-state index in [1.807, 2.05) is 0 Å². The van der Waals surface area contributed by atoms with E-state index in [1.165, 1.54) is 36.0 Å². The highest BCUT2D eigenvalue weighted by atomic mass is 32.2. The number of rotatable bonds is 17. The molecule has 1 saturated carbocycles. The monoisotopic (exact) mass is 808 g/mol. The van der Waals surface area contributed by atoms with E-state index in [2.05, 4.69) is 27.2 Å². The number of carbonyl (C=O) groups is 4. The van der Waals surface area contributed by atoms with Crippen LogP contribution in [-0.4, -0.2) is 85.3 Å². The topological polar surface area (TPSA) is 191 Å². The average Bonchev–Trinajstić information content (AvgIpc) is 3.17. The second-order valence-corrected chi connectivity index (χ2v) is 16.8. The lowest BCUT2D eigenvalue weighted by Gasteiger charge is -2.47. The molecule has 1 saturated heterocycles. The van der Waals surface area contributed by atoms with Gasteiger partial charge in [-0.1, -0.05) is 68.2 Å². The maximum Gasteiger partial charge on any atom is 0.326 e. The number of carbonyl (C=O) groups excluding carboxylic acids is 3. The third-order valence-corrected chi connectivity index (χ3v) is 11.5. The summed E-state index contributed by atoms with van der Waals surface area (Å²) in [5.41, 5.74) is 2.49. The van der Waals surface area contributed by atoms with Gasteiger partial charge in [0.15, 0.2) is 6.61 Å². The van der Waals surface area contributed by atoms with Crippen LogP contribution in [0, 0.1) is 23.6 Å². The zero-order valence-corrected chi connectivity index (χ0v) is 32.4. The molecule has 1 aliphatic carbocycles. The third kappa shape index (κ3) is 12.3. The number of hydrogen-bond acceptors (Lipinski definition) is 9. The van der Waals surface area contributed by atoms with Gasteiger partial charge in [-0.25, -0.2) is 22.3 Å². The molecule has 56 heavy (non-hydrogen) atoms. The van der Waals surface area contributed by atoms with Crippen LogP contribution in [0.3, 0.4) is 0 Å². The lowest BCUT2D eigenvalue weighted by atomic mass is 9.85. The molecule has 3 aromatic rings. The summed E-state index contributed by atoms with van der Waals surface area (Å²) in [5.74, 6) is 3.50. The van der Waals surface area contributed by atoms with Gasteiger partial charge in [0.25, 0.3) is 5.91 Å². The molecule has 3 amide bonds. The summed E-state index contributed by atoms with van der Waals surface area (Å²) >= 11 is 1.28. The van der Waals surface area contributed by atoms with Crippen molar-refractivity contribution in [3.63, 3.8) is 0 Å². The number of aliphatic hydroxyl groups excluding tert-OH is 1. The van der Waals surface area contributed by atoms with Crippen LogP contribution in [-0.2, 0) is 29.2 Å². The summed E-state index contributed by atoms with van der Waals surface area (Å²) in [5, 5.41) is 24.8. The van der Waals surface area contributed by atoms with Crippen LogP contribution < -0.4 is 25.0 Å². The number of aliphatic hydroxyl groups is 1. The molecule has 16 heteroatoms. The van der Waals surface area contributed by atoms with Crippen LogP contribution in [0.25, 0.3) is 0 Å². The number of benzene rings is 3. The summed E-state index contributed by atoms with van der Waals surface area (Å²) in [7, 11) is -3.37. The molecular formula is C40H45FN4O9S2. The molecule has 4 atom stereocenters. The van der Waals surface area contributed by atoms with E-state index in [-0.39, 0.29) is 24.1 Å². The molecule has 0 aromatic heterocycles. The Morgan fingerprint density at radius 1 is 0.982 bits per heavy atom. The quantitative estimate of drug-likeness (QED) is 0.0994. The van der Waals surface area contributed by atoms with Gasteiger partial charge in [0, 0.05) is 17.0 Å². The van der Waals surface area contributed by atoms with Gasteiger partial charge >= 0.3 is 5.97 Å². The number of sulfonamides is 1. The maximum atomic E-state index is 13.6. The molecule has 1 heterocycles. The first-order valence-corrected chi connectivity index (χ1v) is 21.1. The molecule has 1 aliphatic heterocycles. The van der Waals surface area contributed by atoms with Gasteiger partial charge in [0.2, 0.25) is 21.8 Å². The minimum absolute atomic E-state index is 0.0488. The third-order valence-electron chi connectivity index (χ3n) is 9.50. The molecule has 5 rings (SSSR count). The van der Waals surface area contributed by atoms with Gasteiger partial charge in [0.05, 0.1) is 31.5 Å². The van der Waals surface area contributed by atoms with Crippen LogP contribution in [0.2, 0.25) is 0 Å². The Morgan fingerprint density at radius 3 is 2.30 bits per heavy atom. The van der Waals surface area contributed by atoms with Crippen molar-refractivity contribution in [2.75, 3.05) is 36.6 Å². The highest BCUT2D eigenvalue weighted by molar-refractivity contribution is 8.00. The number of anilines is 1. The number of ether oxygens (including phenoxy) is 1. The Balaban J connectivity index is 1.19. The van der Waals surface area contributed by atoms with Crippen molar-refractivity contribution >= 4 is 51.2 Å².